The van der Waals surface area contributed by atoms with Crippen LogP contribution in [0.1, 0.15) is 11.1 Å². The molecule has 0 amide bonds. The Labute approximate surface area is 441 Å². The van der Waals surface area contributed by atoms with Gasteiger partial charge < -0.3 is 0 Å². The van der Waals surface area contributed by atoms with Crippen LogP contribution in [0.4, 0.5) is 0 Å². The lowest BCUT2D eigenvalue weighted by Crippen LogP contribution is -2.29. The van der Waals surface area contributed by atoms with E-state index in [2.05, 4.69) is 255 Å². The van der Waals surface area contributed by atoms with Crippen molar-refractivity contribution in [3.63, 3.8) is 0 Å². The normalized spacial score (nSPS) is 21.5. The van der Waals surface area contributed by atoms with Crippen LogP contribution in [0.25, 0.3) is 109 Å². The van der Waals surface area contributed by atoms with Gasteiger partial charge in [0.25, 0.3) is 0 Å². The van der Waals surface area contributed by atoms with E-state index in [-0.39, 0.29) is 11.8 Å². The maximum Gasteiger partial charge on any atom is 0.0205 e. The predicted octanol–water partition coefficient (Wildman–Crippen LogP) is 19.5. The first kappa shape index (κ1) is 41.0. The van der Waals surface area contributed by atoms with Crippen LogP contribution >= 0.6 is 0 Å². The van der Waals surface area contributed by atoms with Gasteiger partial charge in [0.15, 0.2) is 0 Å². The van der Waals surface area contributed by atoms with E-state index in [4.69, 9.17) is 0 Å². The maximum atomic E-state index is 2.52. The van der Waals surface area contributed by atoms with E-state index in [0.29, 0.717) is 11.8 Å². The summed E-state index contributed by atoms with van der Waals surface area (Å²) < 4.78 is 0. The average Bonchev–Trinajstić information content (AvgIpc) is 3.57. The fraction of sp³-hybridized carbons (Fsp3) is 0.0526. The van der Waals surface area contributed by atoms with E-state index in [9.17, 15) is 0 Å². The highest BCUT2D eigenvalue weighted by atomic mass is 14.4. The Hall–Kier alpha value is -9.36. The van der Waals surface area contributed by atoms with Gasteiger partial charge in [-0.15, -0.1) is 0 Å². The molecule has 0 aliphatic heterocycles. The molecule has 0 aromatic heterocycles. The van der Waals surface area contributed by atoms with Crippen LogP contribution in [0.5, 0.6) is 0 Å². The minimum absolute atomic E-state index is 0.265. The highest BCUT2D eigenvalue weighted by Gasteiger charge is 2.41. The molecule has 0 heteroatoms. The van der Waals surface area contributed by atoms with Crippen molar-refractivity contribution in [1.29, 1.82) is 0 Å². The second kappa shape index (κ2) is 15.1. The number of rotatable bonds is 5. The van der Waals surface area contributed by atoms with Crippen molar-refractivity contribution < 1.29 is 0 Å². The number of hydrogen-bond donors (Lipinski definition) is 0. The molecule has 350 valence electrons. The third kappa shape index (κ3) is 5.68. The fourth-order valence-corrected chi connectivity index (χ4v) is 15.2. The van der Waals surface area contributed by atoms with Crippen molar-refractivity contribution in [1.82, 2.24) is 0 Å². The maximum absolute atomic E-state index is 2.52. The molecule has 0 saturated heterocycles. The molecule has 0 N–H and O–H groups in total. The standard InChI is InChI=1S/C76H46/c1-9-43-25-29-47-13-5-21-61-65(39-51(17-1)69(43)73(47)61)57-33-55(34-58(37-57)66-40-52-18-2-10-44-26-30-48-14-6-22-62(66)74(48)70(44)52)56-35-59(67-41-53-19-3-11-45-27-31-49-15-7-23-63(67)75(49)71(45)53)38-60(36-56)68-42-54-20-4-12-46-28-32-50-16-8-24-64(68)76(50)72(46)54/h1-42,69,71,73,75H. The quantitative estimate of drug-likeness (QED) is 0.151. The molecule has 0 saturated carbocycles. The third-order valence-corrected chi connectivity index (χ3v) is 18.4. The molecule has 8 aliphatic carbocycles. The molecule has 0 radical (unpaired) electrons. The summed E-state index contributed by atoms with van der Waals surface area (Å²) in [6, 6.07) is 56.6. The van der Waals surface area contributed by atoms with E-state index in [1.807, 2.05) is 0 Å². The number of benzene rings is 10. The Balaban J connectivity index is 0.936. The summed E-state index contributed by atoms with van der Waals surface area (Å²) in [5.74, 6) is 1.17. The summed E-state index contributed by atoms with van der Waals surface area (Å²) in [4.78, 5) is 0. The van der Waals surface area contributed by atoms with Gasteiger partial charge in [-0.2, -0.15) is 0 Å². The van der Waals surface area contributed by atoms with Crippen molar-refractivity contribution in [3.05, 3.63) is 311 Å². The minimum Gasteiger partial charge on any atom is -0.0617 e. The molecule has 10 aromatic carbocycles. The lowest BCUT2D eigenvalue weighted by molar-refractivity contribution is 0.568. The SMILES string of the molecule is C1=CC2=CC=C3C=CC=C4C(c5cc(-c6cc(C7=CC8=CC=CC9=CC=C%10C=CC=C7C%10C98)cc(-c7cc8cccc9ccc%10cccc7c%10c98)c6)cc(-c6cc7cccc8ccc9cccc6c9c87)c5)=CC(=C1)C2C34. The summed E-state index contributed by atoms with van der Waals surface area (Å²) in [7, 11) is 0. The van der Waals surface area contributed by atoms with E-state index in [1.165, 1.54) is 165 Å². The van der Waals surface area contributed by atoms with Crippen molar-refractivity contribution in [2.75, 3.05) is 0 Å². The van der Waals surface area contributed by atoms with Gasteiger partial charge in [-0.1, -0.05) is 206 Å². The van der Waals surface area contributed by atoms with E-state index in [1.54, 1.807) is 0 Å². The molecule has 10 aromatic rings. The highest BCUT2D eigenvalue weighted by Crippen LogP contribution is 2.56. The molecule has 0 heterocycles. The smallest absolute Gasteiger partial charge is 0.0205 e. The lowest BCUT2D eigenvalue weighted by Gasteiger charge is -2.42. The zero-order valence-corrected chi connectivity index (χ0v) is 41.6. The van der Waals surface area contributed by atoms with Gasteiger partial charge in [-0.3, -0.25) is 0 Å². The molecule has 76 heavy (non-hydrogen) atoms. The molecule has 8 aliphatic rings. The minimum atomic E-state index is 0.265. The Morgan fingerprint density at radius 3 is 1.05 bits per heavy atom. The Bertz CT molecular complexity index is 4540. The van der Waals surface area contributed by atoms with Gasteiger partial charge in [0.05, 0.1) is 0 Å². The van der Waals surface area contributed by atoms with Crippen LogP contribution in [-0.4, -0.2) is 0 Å². The van der Waals surface area contributed by atoms with E-state index in [0.717, 1.165) is 0 Å². The lowest BCUT2D eigenvalue weighted by atomic mass is 9.61. The topological polar surface area (TPSA) is 0 Å². The van der Waals surface area contributed by atoms with Crippen molar-refractivity contribution >= 4 is 75.8 Å². The van der Waals surface area contributed by atoms with Crippen LogP contribution in [0.3, 0.4) is 0 Å². The molecule has 0 fully saturated rings. The van der Waals surface area contributed by atoms with Gasteiger partial charge in [-0.05, 0) is 213 Å². The molecule has 0 nitrogen and oxygen atoms in total. The molecule has 4 atom stereocenters. The van der Waals surface area contributed by atoms with Crippen molar-refractivity contribution in [2.24, 2.45) is 23.7 Å². The van der Waals surface area contributed by atoms with Crippen molar-refractivity contribution in [3.8, 4) is 33.4 Å². The van der Waals surface area contributed by atoms with Gasteiger partial charge >= 0.3 is 0 Å². The molecule has 18 rings (SSSR count). The predicted molar refractivity (Wildman–Crippen MR) is 321 cm³/mol. The first-order valence-electron chi connectivity index (χ1n) is 27.1. The molecule has 4 unspecified atom stereocenters. The third-order valence-electron chi connectivity index (χ3n) is 18.4. The van der Waals surface area contributed by atoms with Gasteiger partial charge in [0.2, 0.25) is 0 Å². The number of allylic oxidation sites excluding steroid dienone is 28. The zero-order chi connectivity index (χ0) is 49.3. The van der Waals surface area contributed by atoms with Crippen LogP contribution in [0.15, 0.2) is 300 Å². The summed E-state index contributed by atoms with van der Waals surface area (Å²) in [5.41, 5.74) is 23.6. The second-order valence-electron chi connectivity index (χ2n) is 22.3. The molecule has 0 spiro atoms. The van der Waals surface area contributed by atoms with Gasteiger partial charge in [0.1, 0.15) is 0 Å². The number of hydrogen-bond acceptors (Lipinski definition) is 0. The molecular weight excluding hydrogens is 913 g/mol. The first-order valence-corrected chi connectivity index (χ1v) is 27.1. The monoisotopic (exact) mass is 958 g/mol. The summed E-state index contributed by atoms with van der Waals surface area (Å²) >= 11 is 0. The molecule has 0 bridgehead atoms. The van der Waals surface area contributed by atoms with E-state index >= 15 is 0 Å². The Morgan fingerprint density at radius 1 is 0.250 bits per heavy atom. The molecular formula is C76H46. The van der Waals surface area contributed by atoms with Gasteiger partial charge in [-0.25, -0.2) is 0 Å². The summed E-state index contributed by atoms with van der Waals surface area (Å²) in [6.07, 6.45) is 42.3. The largest absolute Gasteiger partial charge is 0.0617 e. The summed E-state index contributed by atoms with van der Waals surface area (Å²) in [6.45, 7) is 0. The Kier molecular flexibility index (Phi) is 8.17. The second-order valence-corrected chi connectivity index (χ2v) is 22.3. The fourth-order valence-electron chi connectivity index (χ4n) is 15.2. The Morgan fingerprint density at radius 2 is 0.605 bits per heavy atom. The van der Waals surface area contributed by atoms with Crippen LogP contribution in [-0.2, 0) is 0 Å². The zero-order valence-electron chi connectivity index (χ0n) is 41.6. The highest BCUT2D eigenvalue weighted by molar-refractivity contribution is 6.28. The van der Waals surface area contributed by atoms with Crippen LogP contribution < -0.4 is 0 Å². The van der Waals surface area contributed by atoms with Crippen LogP contribution in [0, 0.1) is 23.7 Å². The van der Waals surface area contributed by atoms with E-state index < -0.39 is 0 Å². The van der Waals surface area contributed by atoms with Crippen LogP contribution in [0.2, 0.25) is 0 Å². The van der Waals surface area contributed by atoms with Gasteiger partial charge in [0, 0.05) is 23.7 Å². The average molecular weight is 959 g/mol. The summed E-state index contributed by atoms with van der Waals surface area (Å²) in [5, 5.41) is 15.6. The van der Waals surface area contributed by atoms with Crippen molar-refractivity contribution in [2.45, 2.75) is 0 Å². The first-order chi connectivity index (χ1) is 37.6.